The standard InChI is InChI=1S/C14H7BrCl2N2/c15-8-5-6-11(16)10(7-8)14-18-12-4-2-1-3-9(12)13(17)19-14/h1-7H. The van der Waals surface area contributed by atoms with E-state index in [2.05, 4.69) is 25.9 Å². The zero-order valence-electron chi connectivity index (χ0n) is 9.57. The van der Waals surface area contributed by atoms with Crippen molar-refractivity contribution >= 4 is 50.0 Å². The monoisotopic (exact) mass is 352 g/mol. The van der Waals surface area contributed by atoms with Crippen LogP contribution in [0.2, 0.25) is 10.2 Å². The Morgan fingerprint density at radius 2 is 1.74 bits per heavy atom. The molecule has 0 amide bonds. The van der Waals surface area contributed by atoms with Gasteiger partial charge in [0.25, 0.3) is 0 Å². The summed E-state index contributed by atoms with van der Waals surface area (Å²) in [7, 11) is 0. The van der Waals surface area contributed by atoms with Gasteiger partial charge in [-0.1, -0.05) is 51.3 Å². The predicted molar refractivity (Wildman–Crippen MR) is 82.7 cm³/mol. The zero-order valence-corrected chi connectivity index (χ0v) is 12.7. The van der Waals surface area contributed by atoms with Crippen molar-refractivity contribution in [2.75, 3.05) is 0 Å². The molecule has 0 radical (unpaired) electrons. The third kappa shape index (κ3) is 2.46. The molecule has 94 valence electrons. The lowest BCUT2D eigenvalue weighted by molar-refractivity contribution is 1.23. The molecule has 2 aromatic carbocycles. The minimum Gasteiger partial charge on any atom is -0.228 e. The minimum atomic E-state index is 0.427. The van der Waals surface area contributed by atoms with Gasteiger partial charge in [0.2, 0.25) is 0 Å². The van der Waals surface area contributed by atoms with Crippen LogP contribution < -0.4 is 0 Å². The fraction of sp³-hybridized carbons (Fsp3) is 0. The van der Waals surface area contributed by atoms with E-state index in [0.717, 1.165) is 20.9 Å². The Morgan fingerprint density at radius 1 is 0.947 bits per heavy atom. The number of halogens is 3. The second kappa shape index (κ2) is 5.08. The van der Waals surface area contributed by atoms with Crippen molar-refractivity contribution in [1.29, 1.82) is 0 Å². The second-order valence-electron chi connectivity index (χ2n) is 3.98. The number of benzene rings is 2. The van der Waals surface area contributed by atoms with Gasteiger partial charge in [0.1, 0.15) is 5.15 Å². The highest BCUT2D eigenvalue weighted by atomic mass is 79.9. The third-order valence-corrected chi connectivity index (χ3v) is 3.84. The summed E-state index contributed by atoms with van der Waals surface area (Å²) in [6.45, 7) is 0. The van der Waals surface area contributed by atoms with E-state index < -0.39 is 0 Å². The van der Waals surface area contributed by atoms with Crippen LogP contribution >= 0.6 is 39.1 Å². The number of hydrogen-bond donors (Lipinski definition) is 0. The molecule has 0 aliphatic heterocycles. The van der Waals surface area contributed by atoms with E-state index in [-0.39, 0.29) is 0 Å². The quantitative estimate of drug-likeness (QED) is 0.550. The van der Waals surface area contributed by atoms with Crippen molar-refractivity contribution in [2.45, 2.75) is 0 Å². The Bertz CT molecular complexity index is 774. The molecular formula is C14H7BrCl2N2. The summed E-state index contributed by atoms with van der Waals surface area (Å²) in [5.74, 6) is 0.523. The molecule has 5 heteroatoms. The maximum atomic E-state index is 6.20. The van der Waals surface area contributed by atoms with Crippen LogP contribution in [0.3, 0.4) is 0 Å². The van der Waals surface area contributed by atoms with Gasteiger partial charge in [0.15, 0.2) is 5.82 Å². The van der Waals surface area contributed by atoms with Crippen molar-refractivity contribution < 1.29 is 0 Å². The van der Waals surface area contributed by atoms with Gasteiger partial charge >= 0.3 is 0 Å². The minimum absolute atomic E-state index is 0.427. The van der Waals surface area contributed by atoms with E-state index >= 15 is 0 Å². The Labute approximate surface area is 128 Å². The molecule has 0 spiro atoms. The van der Waals surface area contributed by atoms with Crippen LogP contribution in [0.5, 0.6) is 0 Å². The smallest absolute Gasteiger partial charge is 0.163 e. The molecule has 0 bridgehead atoms. The molecule has 0 aliphatic carbocycles. The van der Waals surface area contributed by atoms with Crippen LogP contribution in [0.15, 0.2) is 46.9 Å². The van der Waals surface area contributed by atoms with Crippen LogP contribution in [-0.4, -0.2) is 9.97 Å². The first-order valence-electron chi connectivity index (χ1n) is 5.53. The van der Waals surface area contributed by atoms with Crippen LogP contribution in [-0.2, 0) is 0 Å². The van der Waals surface area contributed by atoms with Gasteiger partial charge in [-0.25, -0.2) is 9.97 Å². The summed E-state index contributed by atoms with van der Waals surface area (Å²) >= 11 is 15.8. The molecule has 0 atom stereocenters. The molecule has 0 fully saturated rings. The Balaban J connectivity index is 2.28. The van der Waals surface area contributed by atoms with Gasteiger partial charge in [-0.2, -0.15) is 0 Å². The van der Waals surface area contributed by atoms with E-state index in [1.807, 2.05) is 36.4 Å². The van der Waals surface area contributed by atoms with Crippen molar-refractivity contribution in [3.63, 3.8) is 0 Å². The van der Waals surface area contributed by atoms with Crippen molar-refractivity contribution in [2.24, 2.45) is 0 Å². The topological polar surface area (TPSA) is 25.8 Å². The fourth-order valence-corrected chi connectivity index (χ4v) is 2.63. The summed E-state index contributed by atoms with van der Waals surface area (Å²) in [6, 6.07) is 13.2. The molecule has 0 N–H and O–H groups in total. The molecule has 0 aliphatic rings. The Kier molecular flexibility index (Phi) is 3.44. The van der Waals surface area contributed by atoms with Crippen LogP contribution in [0.25, 0.3) is 22.3 Å². The molecule has 19 heavy (non-hydrogen) atoms. The number of nitrogens with zero attached hydrogens (tertiary/aromatic N) is 2. The van der Waals surface area contributed by atoms with E-state index in [4.69, 9.17) is 23.2 Å². The summed E-state index contributed by atoms with van der Waals surface area (Å²) in [5, 5.41) is 1.85. The van der Waals surface area contributed by atoms with Gasteiger partial charge in [-0.15, -0.1) is 0 Å². The summed E-state index contributed by atoms with van der Waals surface area (Å²) in [5.41, 5.74) is 1.55. The molecule has 3 rings (SSSR count). The highest BCUT2D eigenvalue weighted by molar-refractivity contribution is 9.10. The summed E-state index contributed by atoms with van der Waals surface area (Å²) in [4.78, 5) is 8.83. The predicted octanol–water partition coefficient (Wildman–Crippen LogP) is 5.37. The van der Waals surface area contributed by atoms with Crippen molar-refractivity contribution in [1.82, 2.24) is 9.97 Å². The van der Waals surface area contributed by atoms with Gasteiger partial charge < -0.3 is 0 Å². The van der Waals surface area contributed by atoms with Crippen molar-refractivity contribution in [3.05, 3.63) is 57.1 Å². The summed E-state index contributed by atoms with van der Waals surface area (Å²) < 4.78 is 0.916. The molecule has 1 aromatic heterocycles. The summed E-state index contributed by atoms with van der Waals surface area (Å²) in [6.07, 6.45) is 0. The second-order valence-corrected chi connectivity index (χ2v) is 5.66. The van der Waals surface area contributed by atoms with Crippen LogP contribution in [0.1, 0.15) is 0 Å². The lowest BCUT2D eigenvalue weighted by Gasteiger charge is -2.06. The van der Waals surface area contributed by atoms with E-state index in [9.17, 15) is 0 Å². The number of aromatic nitrogens is 2. The molecular weight excluding hydrogens is 347 g/mol. The SMILES string of the molecule is Clc1ccc(Br)cc1-c1nc(Cl)c2ccccc2n1. The first-order valence-corrected chi connectivity index (χ1v) is 7.08. The normalized spacial score (nSPS) is 10.9. The van der Waals surface area contributed by atoms with Crippen LogP contribution in [0, 0.1) is 0 Å². The maximum Gasteiger partial charge on any atom is 0.163 e. The maximum absolute atomic E-state index is 6.20. The molecule has 0 unspecified atom stereocenters. The van der Waals surface area contributed by atoms with Crippen LogP contribution in [0.4, 0.5) is 0 Å². The fourth-order valence-electron chi connectivity index (χ4n) is 1.83. The molecule has 0 saturated carbocycles. The van der Waals surface area contributed by atoms with E-state index in [1.54, 1.807) is 6.07 Å². The first-order chi connectivity index (χ1) is 9.15. The molecule has 2 nitrogen and oxygen atoms in total. The highest BCUT2D eigenvalue weighted by Gasteiger charge is 2.11. The Morgan fingerprint density at radius 3 is 2.58 bits per heavy atom. The number of hydrogen-bond acceptors (Lipinski definition) is 2. The first kappa shape index (κ1) is 12.9. The Hall–Kier alpha value is -1.16. The molecule has 1 heterocycles. The zero-order chi connectivity index (χ0) is 13.4. The average molecular weight is 354 g/mol. The number of rotatable bonds is 1. The third-order valence-electron chi connectivity index (χ3n) is 2.73. The average Bonchev–Trinajstić information content (AvgIpc) is 2.41. The largest absolute Gasteiger partial charge is 0.228 e. The van der Waals surface area contributed by atoms with E-state index in [1.165, 1.54) is 0 Å². The number of para-hydroxylation sites is 1. The molecule has 3 aromatic rings. The lowest BCUT2D eigenvalue weighted by Crippen LogP contribution is -1.92. The molecule has 0 saturated heterocycles. The lowest BCUT2D eigenvalue weighted by atomic mass is 10.2. The van der Waals surface area contributed by atoms with Gasteiger partial charge in [0, 0.05) is 15.4 Å². The highest BCUT2D eigenvalue weighted by Crippen LogP contribution is 2.31. The van der Waals surface area contributed by atoms with E-state index in [0.29, 0.717) is 16.0 Å². The van der Waals surface area contributed by atoms with Gasteiger partial charge in [-0.3, -0.25) is 0 Å². The van der Waals surface area contributed by atoms with Crippen molar-refractivity contribution in [3.8, 4) is 11.4 Å². The van der Waals surface area contributed by atoms with Gasteiger partial charge in [0.05, 0.1) is 10.5 Å². The van der Waals surface area contributed by atoms with Gasteiger partial charge in [-0.05, 0) is 30.3 Å². The number of fused-ring (bicyclic) bond motifs is 1.